The van der Waals surface area contributed by atoms with E-state index in [1.807, 2.05) is 4.90 Å². The summed E-state index contributed by atoms with van der Waals surface area (Å²) < 4.78 is 0. The van der Waals surface area contributed by atoms with Crippen molar-refractivity contribution in [1.29, 1.82) is 0 Å². The number of thiophene rings is 1. The van der Waals surface area contributed by atoms with E-state index in [9.17, 15) is 4.79 Å². The molecule has 1 aromatic rings. The van der Waals surface area contributed by atoms with Crippen LogP contribution in [0.3, 0.4) is 0 Å². The minimum atomic E-state index is 0.0672. The van der Waals surface area contributed by atoms with Gasteiger partial charge in [0.15, 0.2) is 0 Å². The molecule has 0 radical (unpaired) electrons. The molecule has 0 aromatic carbocycles. The van der Waals surface area contributed by atoms with Gasteiger partial charge in [0.25, 0.3) is 0 Å². The second kappa shape index (κ2) is 6.20. The molecule has 0 saturated carbocycles. The Labute approximate surface area is 109 Å². The lowest BCUT2D eigenvalue weighted by Gasteiger charge is -2.26. The summed E-state index contributed by atoms with van der Waals surface area (Å²) >= 11 is 1.69. The van der Waals surface area contributed by atoms with E-state index in [2.05, 4.69) is 44.5 Å². The zero-order valence-electron chi connectivity index (χ0n) is 11.3. The maximum absolute atomic E-state index is 12.2. The fourth-order valence-electron chi connectivity index (χ4n) is 1.73. The number of rotatable bonds is 5. The van der Waals surface area contributed by atoms with Crippen LogP contribution in [0.1, 0.15) is 46.1 Å². The number of hydrogen-bond donors (Lipinski definition) is 0. The highest BCUT2D eigenvalue weighted by atomic mass is 32.1. The molecular weight excluding hydrogens is 230 g/mol. The summed E-state index contributed by atoms with van der Waals surface area (Å²) in [6.07, 6.45) is 1.64. The van der Waals surface area contributed by atoms with Gasteiger partial charge >= 0.3 is 0 Å². The number of carbonyl (C=O) groups excluding carboxylic acids is 1. The third-order valence-electron chi connectivity index (χ3n) is 2.48. The Hall–Kier alpha value is -0.830. The third-order valence-corrected chi connectivity index (χ3v) is 3.21. The molecule has 17 heavy (non-hydrogen) atoms. The van der Waals surface area contributed by atoms with Crippen molar-refractivity contribution in [3.63, 3.8) is 0 Å². The molecule has 0 N–H and O–H groups in total. The minimum Gasteiger partial charge on any atom is -0.338 e. The summed E-state index contributed by atoms with van der Waals surface area (Å²) in [6.45, 7) is 10.1. The normalized spacial score (nSPS) is 11.5. The fourth-order valence-corrected chi connectivity index (χ4v) is 2.39. The number of carbonyl (C=O) groups is 1. The van der Waals surface area contributed by atoms with Crippen LogP contribution in [0.2, 0.25) is 0 Å². The summed E-state index contributed by atoms with van der Waals surface area (Å²) in [6, 6.07) is 2.09. The molecule has 1 rings (SSSR count). The first-order chi connectivity index (χ1) is 7.92. The van der Waals surface area contributed by atoms with Crippen LogP contribution in [0.15, 0.2) is 16.8 Å². The summed E-state index contributed by atoms with van der Waals surface area (Å²) in [4.78, 5) is 14.2. The SMILES string of the molecule is CCCN(Cc1ccsc1)C(=O)CC(C)(C)C. The molecule has 96 valence electrons. The molecule has 0 unspecified atom stereocenters. The van der Waals surface area contributed by atoms with Crippen LogP contribution in [0, 0.1) is 5.41 Å². The summed E-state index contributed by atoms with van der Waals surface area (Å²) in [5.41, 5.74) is 1.31. The molecule has 0 bridgehead atoms. The van der Waals surface area contributed by atoms with Crippen LogP contribution >= 0.6 is 11.3 Å². The Kier molecular flexibility index (Phi) is 5.19. The van der Waals surface area contributed by atoms with Gasteiger partial charge in [-0.05, 0) is 34.2 Å². The van der Waals surface area contributed by atoms with Gasteiger partial charge in [-0.3, -0.25) is 4.79 Å². The third kappa shape index (κ3) is 5.35. The van der Waals surface area contributed by atoms with Gasteiger partial charge in [-0.25, -0.2) is 0 Å². The summed E-state index contributed by atoms with van der Waals surface area (Å²) in [5.74, 6) is 0.269. The molecule has 0 aliphatic heterocycles. The van der Waals surface area contributed by atoms with Crippen LogP contribution in [0.4, 0.5) is 0 Å². The average molecular weight is 253 g/mol. The molecule has 0 aliphatic rings. The molecular formula is C14H23NOS. The first kappa shape index (κ1) is 14.2. The number of amides is 1. The van der Waals surface area contributed by atoms with Crippen molar-refractivity contribution in [2.24, 2.45) is 5.41 Å². The van der Waals surface area contributed by atoms with E-state index in [1.54, 1.807) is 11.3 Å². The molecule has 0 atom stereocenters. The van der Waals surface area contributed by atoms with Crippen molar-refractivity contribution in [1.82, 2.24) is 4.90 Å². The van der Waals surface area contributed by atoms with Gasteiger partial charge in [0.05, 0.1) is 0 Å². The summed E-state index contributed by atoms with van der Waals surface area (Å²) in [7, 11) is 0. The predicted octanol–water partition coefficient (Wildman–Crippen LogP) is 3.92. The van der Waals surface area contributed by atoms with E-state index >= 15 is 0 Å². The maximum Gasteiger partial charge on any atom is 0.223 e. The van der Waals surface area contributed by atoms with Gasteiger partial charge in [-0.15, -0.1) is 0 Å². The molecule has 0 spiro atoms. The second-order valence-corrected chi connectivity index (χ2v) is 6.46. The van der Waals surface area contributed by atoms with Crippen LogP contribution < -0.4 is 0 Å². The first-order valence-corrected chi connectivity index (χ1v) is 7.15. The van der Waals surface area contributed by atoms with Crippen molar-refractivity contribution in [3.8, 4) is 0 Å². The van der Waals surface area contributed by atoms with Crippen LogP contribution in [-0.2, 0) is 11.3 Å². The molecule has 0 fully saturated rings. The van der Waals surface area contributed by atoms with E-state index in [-0.39, 0.29) is 11.3 Å². The largest absolute Gasteiger partial charge is 0.338 e. The lowest BCUT2D eigenvalue weighted by atomic mass is 9.91. The topological polar surface area (TPSA) is 20.3 Å². The zero-order chi connectivity index (χ0) is 12.9. The van der Waals surface area contributed by atoms with E-state index in [4.69, 9.17) is 0 Å². The Morgan fingerprint density at radius 3 is 2.59 bits per heavy atom. The molecule has 0 aliphatic carbocycles. The Bertz CT molecular complexity index is 338. The van der Waals surface area contributed by atoms with Gasteiger partial charge in [-0.1, -0.05) is 27.7 Å². The van der Waals surface area contributed by atoms with Gasteiger partial charge in [0.1, 0.15) is 0 Å². The zero-order valence-corrected chi connectivity index (χ0v) is 12.1. The van der Waals surface area contributed by atoms with Crippen molar-refractivity contribution in [2.75, 3.05) is 6.54 Å². The number of nitrogens with zero attached hydrogens (tertiary/aromatic N) is 1. The van der Waals surface area contributed by atoms with Crippen molar-refractivity contribution in [2.45, 2.75) is 47.1 Å². The smallest absolute Gasteiger partial charge is 0.223 e. The Morgan fingerprint density at radius 1 is 1.41 bits per heavy atom. The van der Waals surface area contributed by atoms with E-state index in [0.29, 0.717) is 6.42 Å². The highest BCUT2D eigenvalue weighted by Crippen LogP contribution is 2.21. The van der Waals surface area contributed by atoms with E-state index in [1.165, 1.54) is 5.56 Å². The second-order valence-electron chi connectivity index (χ2n) is 5.68. The van der Waals surface area contributed by atoms with E-state index < -0.39 is 0 Å². The standard InChI is InChI=1S/C14H23NOS/c1-5-7-15(10-12-6-8-17-11-12)13(16)9-14(2,3)4/h6,8,11H,5,7,9-10H2,1-4H3. The first-order valence-electron chi connectivity index (χ1n) is 6.21. The molecule has 2 nitrogen and oxygen atoms in total. The highest BCUT2D eigenvalue weighted by molar-refractivity contribution is 7.07. The fraction of sp³-hybridized carbons (Fsp3) is 0.643. The lowest BCUT2D eigenvalue weighted by molar-refractivity contribution is -0.133. The van der Waals surface area contributed by atoms with Crippen molar-refractivity contribution < 1.29 is 4.79 Å². The monoisotopic (exact) mass is 253 g/mol. The average Bonchev–Trinajstić information content (AvgIpc) is 2.67. The van der Waals surface area contributed by atoms with Crippen molar-refractivity contribution >= 4 is 17.2 Å². The van der Waals surface area contributed by atoms with E-state index in [0.717, 1.165) is 19.5 Å². The quantitative estimate of drug-likeness (QED) is 0.778. The maximum atomic E-state index is 12.2. The molecule has 1 amide bonds. The molecule has 3 heteroatoms. The van der Waals surface area contributed by atoms with Gasteiger partial charge in [0, 0.05) is 19.5 Å². The number of hydrogen-bond acceptors (Lipinski definition) is 2. The van der Waals surface area contributed by atoms with Gasteiger partial charge in [-0.2, -0.15) is 11.3 Å². The van der Waals surface area contributed by atoms with Crippen LogP contribution in [0.25, 0.3) is 0 Å². The predicted molar refractivity (Wildman–Crippen MR) is 74.1 cm³/mol. The van der Waals surface area contributed by atoms with Crippen molar-refractivity contribution in [3.05, 3.63) is 22.4 Å². The molecule has 1 aromatic heterocycles. The van der Waals surface area contributed by atoms with Crippen LogP contribution in [-0.4, -0.2) is 17.4 Å². The minimum absolute atomic E-state index is 0.0672. The van der Waals surface area contributed by atoms with Gasteiger partial charge < -0.3 is 4.90 Å². The lowest BCUT2D eigenvalue weighted by Crippen LogP contribution is -2.33. The Morgan fingerprint density at radius 2 is 2.12 bits per heavy atom. The highest BCUT2D eigenvalue weighted by Gasteiger charge is 2.20. The molecule has 1 heterocycles. The molecule has 0 saturated heterocycles. The summed E-state index contributed by atoms with van der Waals surface area (Å²) in [5, 5.41) is 4.18. The van der Waals surface area contributed by atoms with Gasteiger partial charge in [0.2, 0.25) is 5.91 Å². The van der Waals surface area contributed by atoms with Crippen LogP contribution in [0.5, 0.6) is 0 Å². The Balaban J connectivity index is 2.62.